The lowest BCUT2D eigenvalue weighted by Crippen LogP contribution is -2.45. The Hall–Kier alpha value is -0.760. The minimum absolute atomic E-state index is 0.00210. The number of likely N-dealkylation sites (N-methyl/N-ethyl adjacent to an activating group) is 1. The van der Waals surface area contributed by atoms with Gasteiger partial charge in [-0.1, -0.05) is 289 Å². The molecule has 0 bridgehead atoms. The lowest BCUT2D eigenvalue weighted by atomic mass is 10.0. The van der Waals surface area contributed by atoms with E-state index in [1.165, 1.54) is 244 Å². The average molecular weight is 970 g/mol. The van der Waals surface area contributed by atoms with Crippen LogP contribution in [0.25, 0.3) is 0 Å². The summed E-state index contributed by atoms with van der Waals surface area (Å²) in [5, 5.41) is 13.8. The number of nitrogens with zero attached hydrogens (tertiary/aromatic N) is 1. The predicted molar refractivity (Wildman–Crippen MR) is 289 cm³/mol. The first-order valence-electron chi connectivity index (χ1n) is 29.6. The highest BCUT2D eigenvalue weighted by atomic mass is 31.2. The molecule has 0 saturated heterocycles. The summed E-state index contributed by atoms with van der Waals surface area (Å²) in [6.45, 7) is 4.66. The highest BCUT2D eigenvalue weighted by molar-refractivity contribution is 7.45. The molecule has 0 radical (unpaired) electrons. The Bertz CT molecular complexity index is 1100. The molecular formula is C58H117N2O6P. The summed E-state index contributed by atoms with van der Waals surface area (Å²) in [6, 6.07) is -0.880. The molecule has 0 aromatic rings. The van der Waals surface area contributed by atoms with Gasteiger partial charge in [0.1, 0.15) is 13.2 Å². The van der Waals surface area contributed by atoms with E-state index in [0.29, 0.717) is 17.4 Å². The number of unbranched alkanes of at least 4 members (excludes halogenated alkanes) is 42. The predicted octanol–water partition coefficient (Wildman–Crippen LogP) is 17.2. The third-order valence-electron chi connectivity index (χ3n) is 13.7. The van der Waals surface area contributed by atoms with Crippen molar-refractivity contribution in [2.45, 2.75) is 315 Å². The Balaban J connectivity index is 3.84. The highest BCUT2D eigenvalue weighted by Crippen LogP contribution is 2.38. The quantitative estimate of drug-likeness (QED) is 0.0272. The van der Waals surface area contributed by atoms with E-state index < -0.39 is 20.0 Å². The normalized spacial score (nSPS) is 14.0. The van der Waals surface area contributed by atoms with Crippen LogP contribution in [-0.4, -0.2) is 68.5 Å². The highest BCUT2D eigenvalue weighted by Gasteiger charge is 2.23. The molecule has 0 aliphatic rings. The van der Waals surface area contributed by atoms with Crippen molar-refractivity contribution in [2.24, 2.45) is 0 Å². The average Bonchev–Trinajstić information content (AvgIpc) is 3.29. The van der Waals surface area contributed by atoms with Gasteiger partial charge in [0.2, 0.25) is 5.91 Å². The van der Waals surface area contributed by atoms with Gasteiger partial charge in [-0.15, -0.1) is 0 Å². The van der Waals surface area contributed by atoms with E-state index in [4.69, 9.17) is 9.05 Å². The van der Waals surface area contributed by atoms with Gasteiger partial charge in [0.05, 0.1) is 39.9 Å². The molecule has 0 aliphatic carbocycles. The fourth-order valence-electron chi connectivity index (χ4n) is 9.10. The maximum absolute atomic E-state index is 12.9. The van der Waals surface area contributed by atoms with Gasteiger partial charge in [-0.25, -0.2) is 0 Å². The fraction of sp³-hybridized carbons (Fsp3) is 0.948. The number of amides is 1. The van der Waals surface area contributed by atoms with Crippen molar-refractivity contribution in [3.8, 4) is 0 Å². The first-order valence-corrected chi connectivity index (χ1v) is 31.0. The fourth-order valence-corrected chi connectivity index (χ4v) is 9.82. The first-order chi connectivity index (χ1) is 32.5. The van der Waals surface area contributed by atoms with Crippen molar-refractivity contribution in [1.82, 2.24) is 5.32 Å². The number of nitrogens with one attached hydrogen (secondary N) is 1. The monoisotopic (exact) mass is 969 g/mol. The zero-order valence-corrected chi connectivity index (χ0v) is 46.5. The van der Waals surface area contributed by atoms with Crippen LogP contribution in [-0.2, 0) is 18.4 Å². The van der Waals surface area contributed by atoms with E-state index in [0.717, 1.165) is 38.5 Å². The van der Waals surface area contributed by atoms with Crippen LogP contribution in [0, 0.1) is 0 Å². The molecule has 0 saturated carbocycles. The Morgan fingerprint density at radius 1 is 0.507 bits per heavy atom. The van der Waals surface area contributed by atoms with E-state index in [9.17, 15) is 19.4 Å². The van der Waals surface area contributed by atoms with Gasteiger partial charge in [0.15, 0.2) is 0 Å². The minimum Gasteiger partial charge on any atom is -0.756 e. The topological polar surface area (TPSA) is 108 Å². The molecule has 0 spiro atoms. The van der Waals surface area contributed by atoms with Crippen LogP contribution in [0.1, 0.15) is 303 Å². The molecule has 400 valence electrons. The minimum atomic E-state index is -4.58. The van der Waals surface area contributed by atoms with E-state index in [1.807, 2.05) is 27.2 Å². The zero-order chi connectivity index (χ0) is 49.2. The summed E-state index contributed by atoms with van der Waals surface area (Å²) in [7, 11) is 1.27. The van der Waals surface area contributed by atoms with Gasteiger partial charge in [-0.3, -0.25) is 9.36 Å². The van der Waals surface area contributed by atoms with E-state index >= 15 is 0 Å². The van der Waals surface area contributed by atoms with Crippen molar-refractivity contribution in [3.63, 3.8) is 0 Å². The van der Waals surface area contributed by atoms with Crippen molar-refractivity contribution in [3.05, 3.63) is 12.2 Å². The van der Waals surface area contributed by atoms with Crippen LogP contribution in [0.5, 0.6) is 0 Å². The molecule has 0 aromatic heterocycles. The van der Waals surface area contributed by atoms with E-state index in [2.05, 4.69) is 19.2 Å². The molecule has 1 amide bonds. The summed E-state index contributed by atoms with van der Waals surface area (Å²) in [4.78, 5) is 25.4. The van der Waals surface area contributed by atoms with Gasteiger partial charge < -0.3 is 28.8 Å². The lowest BCUT2D eigenvalue weighted by Gasteiger charge is -2.29. The number of carbonyl (C=O) groups is 1. The van der Waals surface area contributed by atoms with Crippen LogP contribution >= 0.6 is 7.82 Å². The second kappa shape index (κ2) is 50.2. The van der Waals surface area contributed by atoms with Gasteiger partial charge in [-0.2, -0.15) is 0 Å². The molecule has 0 fully saturated rings. The molecule has 3 atom stereocenters. The Labute approximate surface area is 418 Å². The molecular weight excluding hydrogens is 852 g/mol. The number of phosphoric ester groups is 1. The van der Waals surface area contributed by atoms with Crippen molar-refractivity contribution in [1.29, 1.82) is 0 Å². The van der Waals surface area contributed by atoms with Gasteiger partial charge in [0, 0.05) is 6.42 Å². The second-order valence-corrected chi connectivity index (χ2v) is 23.1. The van der Waals surface area contributed by atoms with Crippen LogP contribution in [0.15, 0.2) is 12.2 Å². The number of rotatable bonds is 55. The summed E-state index contributed by atoms with van der Waals surface area (Å²) in [6.07, 6.45) is 61.9. The number of quaternary nitrogens is 1. The summed E-state index contributed by atoms with van der Waals surface area (Å²) in [5.74, 6) is -0.193. The molecule has 9 heteroatoms. The largest absolute Gasteiger partial charge is 0.756 e. The van der Waals surface area contributed by atoms with E-state index in [1.54, 1.807) is 6.08 Å². The standard InChI is InChI=1S/C58H117N2O6P/c1-6-8-10-12-14-16-18-19-20-21-22-23-24-25-26-27-28-29-30-31-32-33-34-35-36-37-38-39-40-41-42-44-46-48-50-52-58(62)59-56(55-66-67(63,64)65-54-53-60(3,4)5)57(61)51-49-47-45-43-17-15-13-11-9-7-2/h49,51,56-57,61H,6-48,50,52-55H2,1-5H3,(H-,59,62,63,64)/b51-49+. The third-order valence-corrected chi connectivity index (χ3v) is 14.7. The number of allylic oxidation sites excluding steroid dienone is 1. The number of hydrogen-bond acceptors (Lipinski definition) is 6. The second-order valence-electron chi connectivity index (χ2n) is 21.7. The van der Waals surface area contributed by atoms with Crippen LogP contribution in [0.4, 0.5) is 0 Å². The summed E-state index contributed by atoms with van der Waals surface area (Å²) < 4.78 is 23.2. The first kappa shape index (κ1) is 66.2. The number of hydrogen-bond donors (Lipinski definition) is 2. The molecule has 0 aromatic carbocycles. The number of phosphoric acid groups is 1. The Kier molecular flexibility index (Phi) is 49.6. The Morgan fingerprint density at radius 3 is 1.12 bits per heavy atom. The molecule has 8 nitrogen and oxygen atoms in total. The van der Waals surface area contributed by atoms with Gasteiger partial charge >= 0.3 is 0 Å². The van der Waals surface area contributed by atoms with Crippen LogP contribution in [0.2, 0.25) is 0 Å². The van der Waals surface area contributed by atoms with Gasteiger partial charge in [0.25, 0.3) is 7.82 Å². The van der Waals surface area contributed by atoms with Crippen LogP contribution in [0.3, 0.4) is 0 Å². The number of aliphatic hydroxyl groups excluding tert-OH is 1. The van der Waals surface area contributed by atoms with Crippen molar-refractivity contribution >= 4 is 13.7 Å². The third kappa shape index (κ3) is 52.9. The summed E-state index contributed by atoms with van der Waals surface area (Å²) >= 11 is 0. The van der Waals surface area contributed by atoms with Crippen molar-refractivity contribution in [2.75, 3.05) is 40.9 Å². The maximum atomic E-state index is 12.9. The van der Waals surface area contributed by atoms with Gasteiger partial charge in [-0.05, 0) is 19.3 Å². The van der Waals surface area contributed by atoms with E-state index in [-0.39, 0.29) is 19.1 Å². The van der Waals surface area contributed by atoms with Crippen LogP contribution < -0.4 is 10.2 Å². The number of aliphatic hydroxyl groups is 1. The summed E-state index contributed by atoms with van der Waals surface area (Å²) in [5.41, 5.74) is 0. The Morgan fingerprint density at radius 2 is 0.806 bits per heavy atom. The smallest absolute Gasteiger partial charge is 0.268 e. The molecule has 2 N–H and O–H groups in total. The molecule has 0 aliphatic heterocycles. The lowest BCUT2D eigenvalue weighted by molar-refractivity contribution is -0.870. The maximum Gasteiger partial charge on any atom is 0.268 e. The number of carbonyl (C=O) groups excluding carboxylic acids is 1. The molecule has 67 heavy (non-hydrogen) atoms. The SMILES string of the molecule is CCCCCCCCCC/C=C/C(O)C(COP(=O)([O-])OCC[N+](C)(C)C)NC(=O)CCCCCCCCCCCCCCCCCCCCCCCCCCCCCCCCCCCCC. The molecule has 0 rings (SSSR count). The molecule has 0 heterocycles. The zero-order valence-electron chi connectivity index (χ0n) is 45.6. The van der Waals surface area contributed by atoms with Crippen molar-refractivity contribution < 1.29 is 32.9 Å². The molecule has 3 unspecified atom stereocenters.